The van der Waals surface area contributed by atoms with Crippen LogP contribution in [-0.4, -0.2) is 66.4 Å². The molecular weight excluding hydrogens is 438 g/mol. The van der Waals surface area contributed by atoms with Crippen molar-refractivity contribution in [2.45, 2.75) is 30.5 Å². The summed E-state index contributed by atoms with van der Waals surface area (Å²) in [6, 6.07) is 20.0. The van der Waals surface area contributed by atoms with Crippen molar-refractivity contribution in [2.75, 3.05) is 18.9 Å². The van der Waals surface area contributed by atoms with E-state index in [2.05, 4.69) is 15.0 Å². The van der Waals surface area contributed by atoms with Crippen LogP contribution in [0, 0.1) is 0 Å². The molecule has 3 heterocycles. The first kappa shape index (κ1) is 22.2. The van der Waals surface area contributed by atoms with Gasteiger partial charge in [0.2, 0.25) is 0 Å². The first-order chi connectivity index (χ1) is 16.6. The molecule has 0 bridgehead atoms. The van der Waals surface area contributed by atoms with Crippen molar-refractivity contribution >= 4 is 17.0 Å². The van der Waals surface area contributed by atoms with Gasteiger partial charge in [-0.15, -0.1) is 0 Å². The third-order valence-electron chi connectivity index (χ3n) is 6.00. The molecule has 4 aromatic rings. The number of aromatic nitrogens is 4. The number of nitrogens with zero attached hydrogens (tertiary/aromatic N) is 4. The van der Waals surface area contributed by atoms with Gasteiger partial charge >= 0.3 is 6.01 Å². The lowest BCUT2D eigenvalue weighted by Gasteiger charge is -2.19. The molecule has 0 aliphatic carbocycles. The fourth-order valence-electron chi connectivity index (χ4n) is 4.19. The van der Waals surface area contributed by atoms with Crippen LogP contribution < -0.4 is 10.5 Å². The first-order valence-electron chi connectivity index (χ1n) is 10.9. The number of anilines is 1. The highest BCUT2D eigenvalue weighted by molar-refractivity contribution is 5.82. The molecule has 10 nitrogen and oxygen atoms in total. The number of hydrogen-bond acceptors (Lipinski definition) is 9. The smallest absolute Gasteiger partial charge is 0.320 e. The van der Waals surface area contributed by atoms with Crippen LogP contribution in [-0.2, 0) is 4.74 Å². The molecule has 0 spiro atoms. The van der Waals surface area contributed by atoms with E-state index in [-0.39, 0.29) is 30.0 Å². The van der Waals surface area contributed by atoms with E-state index >= 15 is 0 Å². The molecule has 4 atom stereocenters. The van der Waals surface area contributed by atoms with Gasteiger partial charge in [0.05, 0.1) is 12.9 Å². The zero-order valence-corrected chi connectivity index (χ0v) is 18.2. The van der Waals surface area contributed by atoms with Crippen LogP contribution in [0.4, 0.5) is 5.82 Å². The molecule has 2 aromatic carbocycles. The number of imidazole rings is 1. The molecule has 10 heteroatoms. The zero-order chi connectivity index (χ0) is 23.7. The molecule has 5 rings (SSSR count). The SMILES string of the molecule is Nc1nc(OCC(c2ccccc2)c2ccccc2)nc2c1ncn2[C@@H]1O[C@H](CO)C(O)C1O. The molecule has 0 saturated carbocycles. The Hall–Kier alpha value is -3.57. The quantitative estimate of drug-likeness (QED) is 0.317. The van der Waals surface area contributed by atoms with Crippen molar-refractivity contribution in [3.05, 3.63) is 78.1 Å². The van der Waals surface area contributed by atoms with Gasteiger partial charge in [0.25, 0.3) is 0 Å². The van der Waals surface area contributed by atoms with Crippen LogP contribution >= 0.6 is 0 Å². The highest BCUT2D eigenvalue weighted by atomic mass is 16.6. The standard InChI is InChI=1S/C24H25N5O5/c25-21-18-22(29(13-26-18)23-20(32)19(31)17(11-30)34-23)28-24(27-21)33-12-16(14-7-3-1-4-8-14)15-9-5-2-6-10-15/h1-10,13,16-17,19-20,23,30-32H,11-12H2,(H2,25,27,28)/t17-,19?,20?,23-/m1/s1. The topological polar surface area (TPSA) is 149 Å². The van der Waals surface area contributed by atoms with Gasteiger partial charge in [-0.25, -0.2) is 4.98 Å². The van der Waals surface area contributed by atoms with E-state index < -0.39 is 31.1 Å². The molecule has 1 aliphatic rings. The molecule has 1 aliphatic heterocycles. The number of hydrogen-bond donors (Lipinski definition) is 4. The largest absolute Gasteiger partial charge is 0.462 e. The third kappa shape index (κ3) is 4.08. The van der Waals surface area contributed by atoms with E-state index in [0.29, 0.717) is 5.52 Å². The Bertz CT molecular complexity index is 1210. The molecule has 5 N–H and O–H groups in total. The van der Waals surface area contributed by atoms with E-state index in [9.17, 15) is 15.3 Å². The Morgan fingerprint density at radius 1 is 0.971 bits per heavy atom. The summed E-state index contributed by atoms with van der Waals surface area (Å²) in [4.78, 5) is 12.9. The summed E-state index contributed by atoms with van der Waals surface area (Å²) in [6.07, 6.45) is -3.06. The van der Waals surface area contributed by atoms with Crippen molar-refractivity contribution < 1.29 is 24.8 Å². The van der Waals surface area contributed by atoms with Gasteiger partial charge in [0.1, 0.15) is 24.9 Å². The summed E-state index contributed by atoms with van der Waals surface area (Å²) in [5.74, 6) is 0.0507. The van der Waals surface area contributed by atoms with Crippen LogP contribution in [0.2, 0.25) is 0 Å². The second-order valence-electron chi connectivity index (χ2n) is 8.13. The van der Waals surface area contributed by atoms with Gasteiger partial charge in [-0.05, 0) is 11.1 Å². The Labute approximate surface area is 195 Å². The fraction of sp³-hybridized carbons (Fsp3) is 0.292. The maximum absolute atomic E-state index is 10.4. The summed E-state index contributed by atoms with van der Waals surface area (Å²) in [6.45, 7) is -0.172. The summed E-state index contributed by atoms with van der Waals surface area (Å²) < 4.78 is 13.1. The number of aliphatic hydroxyl groups is 3. The van der Waals surface area contributed by atoms with Crippen molar-refractivity contribution in [3.63, 3.8) is 0 Å². The average molecular weight is 463 g/mol. The molecule has 0 radical (unpaired) electrons. The minimum Gasteiger partial charge on any atom is -0.462 e. The lowest BCUT2D eigenvalue weighted by molar-refractivity contribution is -0.0511. The molecule has 1 fully saturated rings. The molecule has 176 valence electrons. The summed E-state index contributed by atoms with van der Waals surface area (Å²) in [7, 11) is 0. The van der Waals surface area contributed by atoms with Gasteiger partial charge in [0.15, 0.2) is 23.2 Å². The van der Waals surface area contributed by atoms with Gasteiger partial charge in [-0.2, -0.15) is 9.97 Å². The van der Waals surface area contributed by atoms with Gasteiger partial charge in [0, 0.05) is 5.92 Å². The van der Waals surface area contributed by atoms with E-state index in [1.54, 1.807) is 0 Å². The van der Waals surface area contributed by atoms with Crippen LogP contribution in [0.15, 0.2) is 67.0 Å². The predicted octanol–water partition coefficient (Wildman–Crippen LogP) is 1.23. The van der Waals surface area contributed by atoms with Crippen molar-refractivity contribution in [3.8, 4) is 6.01 Å². The number of fused-ring (bicyclic) bond motifs is 1. The third-order valence-corrected chi connectivity index (χ3v) is 6.00. The van der Waals surface area contributed by atoms with E-state index in [0.717, 1.165) is 11.1 Å². The van der Waals surface area contributed by atoms with Gasteiger partial charge in [-0.1, -0.05) is 60.7 Å². The second kappa shape index (κ2) is 9.35. The molecule has 2 unspecified atom stereocenters. The summed E-state index contributed by atoms with van der Waals surface area (Å²) in [5, 5.41) is 29.9. The monoisotopic (exact) mass is 463 g/mol. The minimum absolute atomic E-state index is 0.0513. The van der Waals surface area contributed by atoms with Crippen molar-refractivity contribution in [2.24, 2.45) is 0 Å². The number of rotatable bonds is 7. The van der Waals surface area contributed by atoms with Gasteiger partial charge in [-0.3, -0.25) is 4.57 Å². The highest BCUT2D eigenvalue weighted by Gasteiger charge is 2.44. The van der Waals surface area contributed by atoms with Gasteiger partial charge < -0.3 is 30.5 Å². The maximum Gasteiger partial charge on any atom is 0.320 e. The second-order valence-corrected chi connectivity index (χ2v) is 8.13. The van der Waals surface area contributed by atoms with Crippen molar-refractivity contribution in [1.29, 1.82) is 0 Å². The van der Waals surface area contributed by atoms with Crippen LogP contribution in [0.3, 0.4) is 0 Å². The Kier molecular flexibility index (Phi) is 6.12. The number of nitrogens with two attached hydrogens (primary N) is 1. The zero-order valence-electron chi connectivity index (χ0n) is 18.2. The highest BCUT2D eigenvalue weighted by Crippen LogP contribution is 2.33. The normalized spacial score (nSPS) is 22.5. The van der Waals surface area contributed by atoms with Crippen LogP contribution in [0.5, 0.6) is 6.01 Å². The maximum atomic E-state index is 10.4. The number of benzene rings is 2. The molecule has 0 amide bonds. The first-order valence-corrected chi connectivity index (χ1v) is 10.9. The Morgan fingerprint density at radius 3 is 2.21 bits per heavy atom. The van der Waals surface area contributed by atoms with E-state index in [1.165, 1.54) is 10.9 Å². The average Bonchev–Trinajstić information content (AvgIpc) is 3.41. The fourth-order valence-corrected chi connectivity index (χ4v) is 4.19. The molecule has 34 heavy (non-hydrogen) atoms. The predicted molar refractivity (Wildman–Crippen MR) is 123 cm³/mol. The van der Waals surface area contributed by atoms with Crippen LogP contribution in [0.25, 0.3) is 11.2 Å². The van der Waals surface area contributed by atoms with Crippen LogP contribution in [0.1, 0.15) is 23.3 Å². The Balaban J connectivity index is 1.44. The number of ether oxygens (including phenoxy) is 2. The lowest BCUT2D eigenvalue weighted by Crippen LogP contribution is -2.33. The van der Waals surface area contributed by atoms with Crippen molar-refractivity contribution in [1.82, 2.24) is 19.5 Å². The summed E-state index contributed by atoms with van der Waals surface area (Å²) in [5.41, 5.74) is 8.88. The van der Waals surface area contributed by atoms with E-state index in [1.807, 2.05) is 60.7 Å². The molecule has 2 aromatic heterocycles. The molecule has 1 saturated heterocycles. The minimum atomic E-state index is -1.28. The number of aliphatic hydroxyl groups excluding tert-OH is 3. The van der Waals surface area contributed by atoms with E-state index in [4.69, 9.17) is 15.2 Å². The molecular formula is C24H25N5O5. The lowest BCUT2D eigenvalue weighted by atomic mass is 9.92. The Morgan fingerprint density at radius 2 is 1.62 bits per heavy atom. The number of nitrogen functional groups attached to an aromatic ring is 1. The summed E-state index contributed by atoms with van der Waals surface area (Å²) >= 11 is 0.